The Morgan fingerprint density at radius 2 is 1.68 bits per heavy atom. The third kappa shape index (κ3) is 6.40. The average molecular weight is 545 g/mol. The molecule has 1 aliphatic rings. The van der Waals surface area contributed by atoms with Gasteiger partial charge in [0.25, 0.3) is 5.91 Å². The van der Waals surface area contributed by atoms with Crippen molar-refractivity contribution in [1.82, 2.24) is 4.90 Å². The molecule has 0 atom stereocenters. The number of carbonyl (C=O) groups is 2. The summed E-state index contributed by atoms with van der Waals surface area (Å²) < 4.78 is 44.1. The number of nitrogens with one attached hydrogen (secondary N) is 1. The van der Waals surface area contributed by atoms with E-state index in [1.807, 2.05) is 36.4 Å². The summed E-state index contributed by atoms with van der Waals surface area (Å²) in [6.07, 6.45) is -3.61. The Bertz CT molecular complexity index is 1550. The number of halogens is 3. The van der Waals surface area contributed by atoms with Crippen molar-refractivity contribution in [1.29, 1.82) is 0 Å². The largest absolute Gasteiger partial charge is 0.427 e. The Labute approximate surface area is 230 Å². The van der Waals surface area contributed by atoms with E-state index in [-0.39, 0.29) is 11.9 Å². The molecule has 0 fully saturated rings. The highest BCUT2D eigenvalue weighted by Gasteiger charge is 2.30. The first kappa shape index (κ1) is 27.1. The highest BCUT2D eigenvalue weighted by molar-refractivity contribution is 6.08. The lowest BCUT2D eigenvalue weighted by molar-refractivity contribution is -0.137. The van der Waals surface area contributed by atoms with Gasteiger partial charge in [0.2, 0.25) is 0 Å². The number of anilines is 1. The fraction of sp³-hybridized carbons (Fsp3) is 0.188. The van der Waals surface area contributed by atoms with E-state index in [4.69, 9.17) is 4.74 Å². The van der Waals surface area contributed by atoms with Gasteiger partial charge in [-0.05, 0) is 76.7 Å². The van der Waals surface area contributed by atoms with Gasteiger partial charge >= 0.3 is 12.1 Å². The fourth-order valence-corrected chi connectivity index (χ4v) is 4.93. The molecule has 0 bridgehead atoms. The Morgan fingerprint density at radius 1 is 0.900 bits per heavy atom. The molecule has 1 amide bonds. The third-order valence-corrected chi connectivity index (χ3v) is 6.82. The maximum atomic E-state index is 13.2. The van der Waals surface area contributed by atoms with Crippen LogP contribution < -0.4 is 10.1 Å². The van der Waals surface area contributed by atoms with E-state index in [2.05, 4.69) is 10.2 Å². The molecule has 0 aromatic heterocycles. The van der Waals surface area contributed by atoms with Gasteiger partial charge in [0, 0.05) is 37.8 Å². The Kier molecular flexibility index (Phi) is 7.71. The summed E-state index contributed by atoms with van der Waals surface area (Å²) >= 11 is 0. The number of fused-ring (bicyclic) bond motifs is 1. The topological polar surface area (TPSA) is 58.6 Å². The maximum absolute atomic E-state index is 13.2. The van der Waals surface area contributed by atoms with Crippen LogP contribution in [0.3, 0.4) is 0 Å². The molecule has 0 saturated carbocycles. The molecule has 1 N–H and O–H groups in total. The first-order valence-corrected chi connectivity index (χ1v) is 12.9. The van der Waals surface area contributed by atoms with Crippen molar-refractivity contribution < 1.29 is 27.5 Å². The Morgan fingerprint density at radius 3 is 2.42 bits per heavy atom. The van der Waals surface area contributed by atoms with Gasteiger partial charge < -0.3 is 10.1 Å². The number of alkyl halides is 3. The smallest absolute Gasteiger partial charge is 0.416 e. The van der Waals surface area contributed by atoms with E-state index >= 15 is 0 Å². The second-order valence-corrected chi connectivity index (χ2v) is 9.76. The van der Waals surface area contributed by atoms with Gasteiger partial charge in [-0.25, -0.2) is 0 Å². The fourth-order valence-electron chi connectivity index (χ4n) is 4.93. The third-order valence-electron chi connectivity index (χ3n) is 6.82. The molecule has 5 rings (SSSR count). The van der Waals surface area contributed by atoms with E-state index in [0.29, 0.717) is 34.7 Å². The van der Waals surface area contributed by atoms with Gasteiger partial charge in [-0.15, -0.1) is 0 Å². The van der Waals surface area contributed by atoms with Crippen molar-refractivity contribution in [3.8, 4) is 16.9 Å². The van der Waals surface area contributed by atoms with Gasteiger partial charge in [-0.2, -0.15) is 13.2 Å². The molecule has 0 aliphatic carbocycles. The molecule has 0 unspecified atom stereocenters. The summed E-state index contributed by atoms with van der Waals surface area (Å²) in [5.41, 5.74) is 4.77. The maximum Gasteiger partial charge on any atom is 0.416 e. The number of amides is 1. The summed E-state index contributed by atoms with van der Waals surface area (Å²) in [5, 5.41) is 2.95. The van der Waals surface area contributed by atoms with Crippen molar-refractivity contribution in [3.63, 3.8) is 0 Å². The van der Waals surface area contributed by atoms with Gasteiger partial charge in [0.1, 0.15) is 5.75 Å². The summed E-state index contributed by atoms with van der Waals surface area (Å²) in [7, 11) is 0. The van der Waals surface area contributed by atoms with E-state index in [1.54, 1.807) is 30.3 Å². The van der Waals surface area contributed by atoms with Crippen LogP contribution in [0.4, 0.5) is 18.9 Å². The molecule has 5 nitrogen and oxygen atoms in total. The lowest BCUT2D eigenvalue weighted by Gasteiger charge is -2.29. The minimum atomic E-state index is -4.42. The van der Waals surface area contributed by atoms with Crippen LogP contribution in [0.25, 0.3) is 11.1 Å². The zero-order valence-corrected chi connectivity index (χ0v) is 21.8. The molecule has 40 heavy (non-hydrogen) atoms. The lowest BCUT2D eigenvalue weighted by Crippen LogP contribution is -2.30. The van der Waals surface area contributed by atoms with Crippen LogP contribution in [0, 0.1) is 0 Å². The molecule has 0 radical (unpaired) electrons. The summed E-state index contributed by atoms with van der Waals surface area (Å²) in [5.74, 6) is -0.154. The monoisotopic (exact) mass is 544 g/mol. The SMILES string of the molecule is CC(=O)Oc1cccc(CN2CCc3cc(NC(=O)c4ccccc4-c4ccc(C(F)(F)F)cc4)ccc3C2)c1. The number of esters is 1. The number of hydrogen-bond acceptors (Lipinski definition) is 4. The standard InChI is InChI=1S/C32H27F3N2O3/c1-21(38)40-28-6-4-5-22(17-28)19-37-16-15-24-18-27(14-11-25(24)20-37)36-31(39)30-8-3-2-7-29(30)23-9-12-26(13-10-23)32(33,34)35/h2-14,17-18H,15-16,19-20H2,1H3,(H,36,39). The van der Waals surface area contributed by atoms with E-state index in [0.717, 1.165) is 42.8 Å². The molecular weight excluding hydrogens is 517 g/mol. The molecular formula is C32H27F3N2O3. The number of hydrogen-bond donors (Lipinski definition) is 1. The predicted molar refractivity (Wildman–Crippen MR) is 147 cm³/mol. The normalized spacial score (nSPS) is 13.4. The zero-order valence-electron chi connectivity index (χ0n) is 21.8. The molecule has 0 spiro atoms. The van der Waals surface area contributed by atoms with E-state index in [1.165, 1.54) is 24.6 Å². The molecule has 4 aromatic rings. The summed E-state index contributed by atoms with van der Waals surface area (Å²) in [6, 6.07) is 25.0. The van der Waals surface area contributed by atoms with Crippen LogP contribution in [-0.2, 0) is 30.5 Å². The second kappa shape index (κ2) is 11.4. The van der Waals surface area contributed by atoms with Crippen LogP contribution in [0.1, 0.15) is 39.5 Å². The van der Waals surface area contributed by atoms with Gasteiger partial charge in [-0.1, -0.05) is 48.5 Å². The average Bonchev–Trinajstić information content (AvgIpc) is 2.92. The van der Waals surface area contributed by atoms with Crippen molar-refractivity contribution >= 4 is 17.6 Å². The predicted octanol–water partition coefficient (Wildman–Crippen LogP) is 7.11. The number of rotatable bonds is 6. The van der Waals surface area contributed by atoms with Crippen LogP contribution in [0.15, 0.2) is 91.0 Å². The van der Waals surface area contributed by atoms with Gasteiger partial charge in [0.15, 0.2) is 0 Å². The lowest BCUT2D eigenvalue weighted by atomic mass is 9.97. The number of benzene rings is 4. The molecule has 0 saturated heterocycles. The Balaban J connectivity index is 1.27. The molecule has 4 aromatic carbocycles. The van der Waals surface area contributed by atoms with Crippen molar-refractivity contribution in [2.45, 2.75) is 32.6 Å². The van der Waals surface area contributed by atoms with Crippen molar-refractivity contribution in [2.24, 2.45) is 0 Å². The first-order chi connectivity index (χ1) is 19.2. The summed E-state index contributed by atoms with van der Waals surface area (Å²) in [4.78, 5) is 26.8. The Hall–Kier alpha value is -4.43. The highest BCUT2D eigenvalue weighted by atomic mass is 19.4. The minimum Gasteiger partial charge on any atom is -0.427 e. The molecule has 204 valence electrons. The molecule has 1 heterocycles. The van der Waals surface area contributed by atoms with Gasteiger partial charge in [-0.3, -0.25) is 14.5 Å². The minimum absolute atomic E-state index is 0.333. The molecule has 1 aliphatic heterocycles. The first-order valence-electron chi connectivity index (χ1n) is 12.9. The van der Waals surface area contributed by atoms with Gasteiger partial charge in [0.05, 0.1) is 5.56 Å². The van der Waals surface area contributed by atoms with E-state index in [9.17, 15) is 22.8 Å². The zero-order chi connectivity index (χ0) is 28.3. The van der Waals surface area contributed by atoms with Crippen LogP contribution in [0.2, 0.25) is 0 Å². The second-order valence-electron chi connectivity index (χ2n) is 9.76. The number of carbonyl (C=O) groups excluding carboxylic acids is 2. The van der Waals surface area contributed by atoms with E-state index < -0.39 is 11.7 Å². The highest BCUT2D eigenvalue weighted by Crippen LogP contribution is 2.32. The molecule has 8 heteroatoms. The number of nitrogens with zero attached hydrogens (tertiary/aromatic N) is 1. The van der Waals surface area contributed by atoms with Crippen LogP contribution in [-0.4, -0.2) is 23.3 Å². The quantitative estimate of drug-likeness (QED) is 0.208. The van der Waals surface area contributed by atoms with Crippen LogP contribution >= 0.6 is 0 Å². The van der Waals surface area contributed by atoms with Crippen molar-refractivity contribution in [2.75, 3.05) is 11.9 Å². The number of ether oxygens (including phenoxy) is 1. The summed E-state index contributed by atoms with van der Waals surface area (Å²) in [6.45, 7) is 3.67. The van der Waals surface area contributed by atoms with Crippen LogP contribution in [0.5, 0.6) is 5.75 Å². The van der Waals surface area contributed by atoms with Crippen molar-refractivity contribution in [3.05, 3.63) is 119 Å².